The highest BCUT2D eigenvalue weighted by molar-refractivity contribution is 5.76. The van der Waals surface area contributed by atoms with Crippen molar-refractivity contribution in [3.05, 3.63) is 0 Å². The molecule has 1 amide bonds. The van der Waals surface area contributed by atoms with Gasteiger partial charge in [0, 0.05) is 12.5 Å². The summed E-state index contributed by atoms with van der Waals surface area (Å²) in [7, 11) is 0. The van der Waals surface area contributed by atoms with Crippen LogP contribution in [0.2, 0.25) is 0 Å². The number of hydrogen-bond donors (Lipinski definition) is 2. The largest absolute Gasteiger partial charge is 0.353 e. The molecule has 3 N–H and O–H groups in total. The van der Waals surface area contributed by atoms with Gasteiger partial charge >= 0.3 is 0 Å². The monoisotopic (exact) mass is 266 g/mol. The summed E-state index contributed by atoms with van der Waals surface area (Å²) < 4.78 is 0. The van der Waals surface area contributed by atoms with Gasteiger partial charge in [0.15, 0.2) is 0 Å². The Balaban J connectivity index is 1.75. The summed E-state index contributed by atoms with van der Waals surface area (Å²) in [6.45, 7) is 0.717. The third-order valence-corrected chi connectivity index (χ3v) is 5.01. The minimum absolute atomic E-state index is 0.275. The molecule has 0 aromatic carbocycles. The third-order valence-electron chi connectivity index (χ3n) is 5.01. The van der Waals surface area contributed by atoms with E-state index in [1.54, 1.807) is 0 Å². The lowest BCUT2D eigenvalue weighted by Crippen LogP contribution is -2.45. The molecule has 0 saturated heterocycles. The molecule has 0 aromatic rings. The molecular weight excluding hydrogens is 236 g/mol. The van der Waals surface area contributed by atoms with Crippen LogP contribution in [-0.4, -0.2) is 18.5 Å². The number of nitrogens with one attached hydrogen (secondary N) is 1. The normalized spacial score (nSPS) is 29.7. The highest BCUT2D eigenvalue weighted by atomic mass is 16.1. The zero-order chi connectivity index (χ0) is 13.5. The van der Waals surface area contributed by atoms with Crippen LogP contribution in [0.15, 0.2) is 0 Å². The fourth-order valence-corrected chi connectivity index (χ4v) is 3.78. The van der Waals surface area contributed by atoms with Gasteiger partial charge in [-0.1, -0.05) is 38.5 Å². The molecule has 0 heterocycles. The Labute approximate surface area is 117 Å². The Morgan fingerprint density at radius 1 is 0.947 bits per heavy atom. The molecule has 2 unspecified atom stereocenters. The van der Waals surface area contributed by atoms with Crippen molar-refractivity contribution >= 4 is 5.91 Å². The number of carbonyl (C=O) groups is 1. The fourth-order valence-electron chi connectivity index (χ4n) is 3.78. The Morgan fingerprint density at radius 2 is 1.58 bits per heavy atom. The molecule has 3 heteroatoms. The van der Waals surface area contributed by atoms with E-state index in [2.05, 4.69) is 5.32 Å². The van der Waals surface area contributed by atoms with Crippen LogP contribution in [0.25, 0.3) is 0 Å². The predicted octanol–water partition coefficient (Wildman–Crippen LogP) is 2.98. The van der Waals surface area contributed by atoms with Crippen LogP contribution in [0, 0.1) is 11.8 Å². The van der Waals surface area contributed by atoms with Gasteiger partial charge in [-0.2, -0.15) is 0 Å². The van der Waals surface area contributed by atoms with Crippen molar-refractivity contribution in [3.63, 3.8) is 0 Å². The highest BCUT2D eigenvalue weighted by Crippen LogP contribution is 2.27. The second-order valence-electron chi connectivity index (χ2n) is 6.52. The van der Waals surface area contributed by atoms with Gasteiger partial charge in [0.1, 0.15) is 0 Å². The topological polar surface area (TPSA) is 55.1 Å². The van der Waals surface area contributed by atoms with Gasteiger partial charge in [-0.05, 0) is 44.1 Å². The molecule has 0 aromatic heterocycles. The van der Waals surface area contributed by atoms with E-state index in [4.69, 9.17) is 5.73 Å². The first-order chi connectivity index (χ1) is 9.29. The quantitative estimate of drug-likeness (QED) is 0.769. The van der Waals surface area contributed by atoms with Gasteiger partial charge in [0.05, 0.1) is 0 Å². The van der Waals surface area contributed by atoms with Gasteiger partial charge in [0.2, 0.25) is 5.91 Å². The molecule has 2 aliphatic carbocycles. The van der Waals surface area contributed by atoms with Crippen molar-refractivity contribution < 1.29 is 4.79 Å². The summed E-state index contributed by atoms with van der Waals surface area (Å²) in [5.74, 6) is 1.41. The second-order valence-corrected chi connectivity index (χ2v) is 6.52. The number of amides is 1. The van der Waals surface area contributed by atoms with E-state index in [9.17, 15) is 4.79 Å². The molecule has 0 bridgehead atoms. The van der Waals surface area contributed by atoms with E-state index in [-0.39, 0.29) is 5.91 Å². The van der Waals surface area contributed by atoms with Crippen LogP contribution >= 0.6 is 0 Å². The lowest BCUT2D eigenvalue weighted by atomic mass is 9.84. The zero-order valence-corrected chi connectivity index (χ0v) is 12.2. The lowest BCUT2D eigenvalue weighted by molar-refractivity contribution is -0.123. The Kier molecular flexibility index (Phi) is 6.15. The van der Waals surface area contributed by atoms with Crippen molar-refractivity contribution in [2.45, 2.75) is 76.7 Å². The number of nitrogens with two attached hydrogens (primary N) is 1. The van der Waals surface area contributed by atoms with Crippen molar-refractivity contribution in [2.75, 3.05) is 6.54 Å². The van der Waals surface area contributed by atoms with Crippen LogP contribution in [0.1, 0.15) is 70.6 Å². The molecule has 2 rings (SSSR count). The third kappa shape index (κ3) is 4.79. The molecule has 0 spiro atoms. The van der Waals surface area contributed by atoms with Gasteiger partial charge in [0.25, 0.3) is 0 Å². The van der Waals surface area contributed by atoms with Crippen LogP contribution < -0.4 is 11.1 Å². The molecular formula is C16H30N2O. The molecule has 19 heavy (non-hydrogen) atoms. The summed E-state index contributed by atoms with van der Waals surface area (Å²) in [5, 5.41) is 3.27. The van der Waals surface area contributed by atoms with Crippen molar-refractivity contribution in [1.29, 1.82) is 0 Å². The SMILES string of the molecule is NCC1CCCCC1NC(=O)CC1CCCCCC1. The van der Waals surface area contributed by atoms with Gasteiger partial charge in [-0.15, -0.1) is 0 Å². The summed E-state index contributed by atoms with van der Waals surface area (Å²) >= 11 is 0. The van der Waals surface area contributed by atoms with Gasteiger partial charge < -0.3 is 11.1 Å². The summed E-state index contributed by atoms with van der Waals surface area (Å²) in [6.07, 6.45) is 13.4. The molecule has 0 radical (unpaired) electrons. The number of hydrogen-bond acceptors (Lipinski definition) is 2. The van der Waals surface area contributed by atoms with E-state index in [0.717, 1.165) is 12.8 Å². The van der Waals surface area contributed by atoms with Crippen LogP contribution in [0.5, 0.6) is 0 Å². The van der Waals surface area contributed by atoms with Crippen molar-refractivity contribution in [2.24, 2.45) is 17.6 Å². The maximum Gasteiger partial charge on any atom is 0.220 e. The molecule has 2 fully saturated rings. The average Bonchev–Trinajstić information content (AvgIpc) is 2.68. The molecule has 110 valence electrons. The maximum atomic E-state index is 12.2. The maximum absolute atomic E-state index is 12.2. The standard InChI is InChI=1S/C16H30N2O/c17-12-14-9-5-6-10-15(14)18-16(19)11-13-7-3-1-2-4-8-13/h13-15H,1-12,17H2,(H,18,19). The fraction of sp³-hybridized carbons (Fsp3) is 0.938. The lowest BCUT2D eigenvalue weighted by Gasteiger charge is -2.31. The summed E-state index contributed by atoms with van der Waals surface area (Å²) in [6, 6.07) is 0.344. The average molecular weight is 266 g/mol. The zero-order valence-electron chi connectivity index (χ0n) is 12.2. The molecule has 2 aliphatic rings. The van der Waals surface area contributed by atoms with Crippen LogP contribution in [0.4, 0.5) is 0 Å². The first-order valence-electron chi connectivity index (χ1n) is 8.29. The van der Waals surface area contributed by atoms with Crippen molar-refractivity contribution in [3.8, 4) is 0 Å². The van der Waals surface area contributed by atoms with E-state index in [1.807, 2.05) is 0 Å². The number of rotatable bonds is 4. The minimum Gasteiger partial charge on any atom is -0.353 e. The van der Waals surface area contributed by atoms with E-state index < -0.39 is 0 Å². The van der Waals surface area contributed by atoms with Crippen LogP contribution in [-0.2, 0) is 4.79 Å². The number of carbonyl (C=O) groups excluding carboxylic acids is 1. The smallest absolute Gasteiger partial charge is 0.220 e. The Hall–Kier alpha value is -0.570. The highest BCUT2D eigenvalue weighted by Gasteiger charge is 2.26. The molecule has 0 aliphatic heterocycles. The van der Waals surface area contributed by atoms with E-state index >= 15 is 0 Å². The van der Waals surface area contributed by atoms with E-state index in [0.29, 0.717) is 24.4 Å². The molecule has 2 saturated carbocycles. The molecule has 3 nitrogen and oxygen atoms in total. The Bertz CT molecular complexity index is 272. The first kappa shape index (κ1) is 14.8. The van der Waals surface area contributed by atoms with Crippen LogP contribution in [0.3, 0.4) is 0 Å². The minimum atomic E-state index is 0.275. The van der Waals surface area contributed by atoms with Gasteiger partial charge in [-0.25, -0.2) is 0 Å². The van der Waals surface area contributed by atoms with E-state index in [1.165, 1.54) is 57.8 Å². The Morgan fingerprint density at radius 3 is 2.26 bits per heavy atom. The predicted molar refractivity (Wildman–Crippen MR) is 78.8 cm³/mol. The summed E-state index contributed by atoms with van der Waals surface area (Å²) in [5.41, 5.74) is 5.82. The second kappa shape index (κ2) is 7.88. The van der Waals surface area contributed by atoms with Gasteiger partial charge in [-0.3, -0.25) is 4.79 Å². The first-order valence-corrected chi connectivity index (χ1v) is 8.29. The molecule has 2 atom stereocenters. The summed E-state index contributed by atoms with van der Waals surface area (Å²) in [4.78, 5) is 12.2. The van der Waals surface area contributed by atoms with Crippen molar-refractivity contribution in [1.82, 2.24) is 5.32 Å².